The van der Waals surface area contributed by atoms with E-state index in [0.29, 0.717) is 19.3 Å². The zero-order chi connectivity index (χ0) is 39.4. The van der Waals surface area contributed by atoms with Crippen molar-refractivity contribution in [2.75, 3.05) is 13.2 Å². The molecule has 1 atom stereocenters. The Morgan fingerprint density at radius 1 is 0.389 bits per heavy atom. The maximum absolute atomic E-state index is 12.7. The molecule has 0 heterocycles. The summed E-state index contributed by atoms with van der Waals surface area (Å²) in [5.74, 6) is -0.938. The van der Waals surface area contributed by atoms with Crippen LogP contribution in [-0.4, -0.2) is 37.2 Å². The molecule has 6 nitrogen and oxygen atoms in total. The van der Waals surface area contributed by atoms with Gasteiger partial charge >= 0.3 is 17.9 Å². The Morgan fingerprint density at radius 2 is 0.722 bits per heavy atom. The third kappa shape index (κ3) is 40.8. The highest BCUT2D eigenvalue weighted by Gasteiger charge is 2.19. The summed E-state index contributed by atoms with van der Waals surface area (Å²) in [6.45, 7) is 6.46. The number of carbonyl (C=O) groups is 3. The number of rotatable bonds is 41. The van der Waals surface area contributed by atoms with Gasteiger partial charge in [-0.3, -0.25) is 14.4 Å². The minimum absolute atomic E-state index is 0.0862. The fourth-order valence-electron chi connectivity index (χ4n) is 6.41. The molecular weight excluding hydrogens is 673 g/mol. The minimum atomic E-state index is -0.786. The van der Waals surface area contributed by atoms with Gasteiger partial charge in [-0.15, -0.1) is 0 Å². The molecule has 0 amide bonds. The van der Waals surface area contributed by atoms with Gasteiger partial charge in [-0.2, -0.15) is 0 Å². The van der Waals surface area contributed by atoms with Crippen LogP contribution in [-0.2, 0) is 28.6 Å². The average molecular weight is 759 g/mol. The van der Waals surface area contributed by atoms with Gasteiger partial charge < -0.3 is 14.2 Å². The predicted molar refractivity (Wildman–Crippen MR) is 229 cm³/mol. The number of hydrogen-bond donors (Lipinski definition) is 0. The van der Waals surface area contributed by atoms with Crippen molar-refractivity contribution in [2.24, 2.45) is 0 Å². The minimum Gasteiger partial charge on any atom is -0.462 e. The van der Waals surface area contributed by atoms with Gasteiger partial charge in [0.15, 0.2) is 6.10 Å². The Bertz CT molecular complexity index is 922. The van der Waals surface area contributed by atoms with Crippen molar-refractivity contribution >= 4 is 17.9 Å². The van der Waals surface area contributed by atoms with Gasteiger partial charge in [0.2, 0.25) is 0 Å². The summed E-state index contributed by atoms with van der Waals surface area (Å²) >= 11 is 0. The van der Waals surface area contributed by atoms with Crippen molar-refractivity contribution in [3.63, 3.8) is 0 Å². The molecule has 0 aliphatic rings. The third-order valence-electron chi connectivity index (χ3n) is 9.88. The fourth-order valence-corrected chi connectivity index (χ4v) is 6.41. The van der Waals surface area contributed by atoms with Gasteiger partial charge in [-0.1, -0.05) is 179 Å². The highest BCUT2D eigenvalue weighted by atomic mass is 16.6. The van der Waals surface area contributed by atoms with Crippen LogP contribution in [0.5, 0.6) is 0 Å². The van der Waals surface area contributed by atoms with E-state index >= 15 is 0 Å². The molecular formula is C48H86O6. The second-order valence-electron chi connectivity index (χ2n) is 15.3. The molecule has 314 valence electrons. The first kappa shape index (κ1) is 51.6. The van der Waals surface area contributed by atoms with Crippen LogP contribution in [0.2, 0.25) is 0 Å². The lowest BCUT2D eigenvalue weighted by Crippen LogP contribution is -2.30. The molecule has 54 heavy (non-hydrogen) atoms. The molecule has 0 rings (SSSR count). The van der Waals surface area contributed by atoms with Crippen LogP contribution < -0.4 is 0 Å². The van der Waals surface area contributed by atoms with Crippen LogP contribution in [0.25, 0.3) is 0 Å². The van der Waals surface area contributed by atoms with E-state index in [9.17, 15) is 14.4 Å². The summed E-state index contributed by atoms with van der Waals surface area (Å²) < 4.78 is 16.6. The number of allylic oxidation sites excluding steroid dienone is 6. The molecule has 0 aliphatic carbocycles. The Hall–Kier alpha value is -2.37. The van der Waals surface area contributed by atoms with Crippen LogP contribution in [0.3, 0.4) is 0 Å². The standard InChI is InChI=1S/C48H86O6/c1-4-7-10-13-16-19-21-23-25-26-29-32-35-38-41-47(50)53-44-45(43-52-46(49)40-37-34-31-28-18-15-12-9-6-3)54-48(51)42-39-36-33-30-27-24-22-20-17-14-11-8-5-2/h9,12,18,24,27-28,45H,4-8,10-11,13-17,19-23,25-26,29-44H2,1-3H3/b12-9-,27-24-,28-18-. The zero-order valence-corrected chi connectivity index (χ0v) is 35.7. The van der Waals surface area contributed by atoms with E-state index in [1.807, 2.05) is 0 Å². The Balaban J connectivity index is 4.37. The lowest BCUT2D eigenvalue weighted by Gasteiger charge is -2.18. The van der Waals surface area contributed by atoms with Gasteiger partial charge in [0.1, 0.15) is 13.2 Å². The summed E-state index contributed by atoms with van der Waals surface area (Å²) in [4.78, 5) is 37.6. The van der Waals surface area contributed by atoms with Crippen LogP contribution in [0.1, 0.15) is 233 Å². The fraction of sp³-hybridized carbons (Fsp3) is 0.812. The molecule has 0 N–H and O–H groups in total. The molecule has 0 fully saturated rings. The van der Waals surface area contributed by atoms with Crippen LogP contribution in [0.4, 0.5) is 0 Å². The number of unbranched alkanes of at least 4 members (excludes halogenated alkanes) is 24. The maximum Gasteiger partial charge on any atom is 0.306 e. The first-order chi connectivity index (χ1) is 26.5. The molecule has 0 saturated heterocycles. The first-order valence-electron chi connectivity index (χ1n) is 23.0. The molecule has 0 bridgehead atoms. The second kappa shape index (κ2) is 43.4. The molecule has 1 unspecified atom stereocenters. The topological polar surface area (TPSA) is 78.9 Å². The van der Waals surface area contributed by atoms with Gasteiger partial charge in [0.25, 0.3) is 0 Å². The van der Waals surface area contributed by atoms with Crippen molar-refractivity contribution in [3.05, 3.63) is 36.5 Å². The summed E-state index contributed by atoms with van der Waals surface area (Å²) in [6.07, 6.45) is 48.5. The van der Waals surface area contributed by atoms with E-state index in [0.717, 1.165) is 83.5 Å². The number of esters is 3. The highest BCUT2D eigenvalue weighted by Crippen LogP contribution is 2.15. The summed E-state index contributed by atoms with van der Waals surface area (Å²) in [6, 6.07) is 0. The van der Waals surface area contributed by atoms with E-state index in [2.05, 4.69) is 57.2 Å². The van der Waals surface area contributed by atoms with Crippen molar-refractivity contribution in [1.82, 2.24) is 0 Å². The smallest absolute Gasteiger partial charge is 0.306 e. The first-order valence-corrected chi connectivity index (χ1v) is 23.0. The maximum atomic E-state index is 12.7. The highest BCUT2D eigenvalue weighted by molar-refractivity contribution is 5.71. The van der Waals surface area contributed by atoms with Crippen molar-refractivity contribution in [2.45, 2.75) is 239 Å². The van der Waals surface area contributed by atoms with Crippen LogP contribution in [0, 0.1) is 0 Å². The van der Waals surface area contributed by atoms with Gasteiger partial charge in [0.05, 0.1) is 0 Å². The van der Waals surface area contributed by atoms with Gasteiger partial charge in [0, 0.05) is 19.3 Å². The predicted octanol–water partition coefficient (Wildman–Crippen LogP) is 14.6. The number of carbonyl (C=O) groups excluding carboxylic acids is 3. The summed E-state index contributed by atoms with van der Waals surface area (Å²) in [5, 5.41) is 0. The lowest BCUT2D eigenvalue weighted by molar-refractivity contribution is -0.167. The summed E-state index contributed by atoms with van der Waals surface area (Å²) in [7, 11) is 0. The van der Waals surface area contributed by atoms with Crippen molar-refractivity contribution in [1.29, 1.82) is 0 Å². The molecule has 0 aromatic heterocycles. The number of ether oxygens (including phenoxy) is 3. The third-order valence-corrected chi connectivity index (χ3v) is 9.88. The largest absolute Gasteiger partial charge is 0.462 e. The SMILES string of the molecule is CC/C=C\C/C=C\CCCCC(=O)OCC(COC(=O)CCCCCCCCCCCCCCCC)OC(=O)CCCCC/C=C\CCCCCCCC. The quantitative estimate of drug-likeness (QED) is 0.0267. The Morgan fingerprint density at radius 3 is 1.19 bits per heavy atom. The van der Waals surface area contributed by atoms with E-state index in [1.165, 1.54) is 109 Å². The van der Waals surface area contributed by atoms with E-state index in [1.54, 1.807) is 0 Å². The van der Waals surface area contributed by atoms with Crippen LogP contribution in [0.15, 0.2) is 36.5 Å². The zero-order valence-electron chi connectivity index (χ0n) is 35.7. The molecule has 0 radical (unpaired) electrons. The molecule has 0 aromatic rings. The van der Waals surface area contributed by atoms with Crippen molar-refractivity contribution < 1.29 is 28.6 Å². The Labute approximate surface area is 334 Å². The van der Waals surface area contributed by atoms with E-state index < -0.39 is 6.10 Å². The van der Waals surface area contributed by atoms with Gasteiger partial charge in [-0.05, 0) is 70.6 Å². The molecule has 0 saturated carbocycles. The van der Waals surface area contributed by atoms with E-state index in [-0.39, 0.29) is 31.1 Å². The second-order valence-corrected chi connectivity index (χ2v) is 15.3. The molecule has 0 spiro atoms. The normalized spacial score (nSPS) is 12.3. The van der Waals surface area contributed by atoms with Crippen LogP contribution >= 0.6 is 0 Å². The average Bonchev–Trinajstić information content (AvgIpc) is 3.17. The molecule has 0 aromatic carbocycles. The van der Waals surface area contributed by atoms with E-state index in [4.69, 9.17) is 14.2 Å². The summed E-state index contributed by atoms with van der Waals surface area (Å²) in [5.41, 5.74) is 0. The van der Waals surface area contributed by atoms with Crippen molar-refractivity contribution in [3.8, 4) is 0 Å². The Kier molecular flexibility index (Phi) is 41.5. The molecule has 0 aliphatic heterocycles. The lowest BCUT2D eigenvalue weighted by atomic mass is 10.0. The van der Waals surface area contributed by atoms with Gasteiger partial charge in [-0.25, -0.2) is 0 Å². The monoisotopic (exact) mass is 759 g/mol. The molecule has 6 heteroatoms. The number of hydrogen-bond acceptors (Lipinski definition) is 6.